The van der Waals surface area contributed by atoms with E-state index >= 15 is 0 Å². The number of hydrogen-bond donors (Lipinski definition) is 2. The van der Waals surface area contributed by atoms with Gasteiger partial charge < -0.3 is 15.8 Å². The molecule has 0 saturated heterocycles. The summed E-state index contributed by atoms with van der Waals surface area (Å²) >= 11 is 6.03. The van der Waals surface area contributed by atoms with Crippen LogP contribution in [0.2, 0.25) is 5.02 Å². The van der Waals surface area contributed by atoms with Crippen LogP contribution in [0.3, 0.4) is 0 Å². The number of nitrogens with one attached hydrogen (secondary N) is 1. The van der Waals surface area contributed by atoms with E-state index in [1.54, 1.807) is 25.3 Å². The van der Waals surface area contributed by atoms with Gasteiger partial charge >= 0.3 is 0 Å². The maximum absolute atomic E-state index is 12.1. The molecule has 0 radical (unpaired) electrons. The maximum Gasteiger partial charge on any atom is 0.253 e. The van der Waals surface area contributed by atoms with E-state index in [4.69, 9.17) is 22.1 Å². The van der Waals surface area contributed by atoms with Crippen molar-refractivity contribution >= 4 is 23.2 Å². The Kier molecular flexibility index (Phi) is 5.20. The normalized spacial score (nSPS) is 10.4. The number of nitrogen functional groups attached to an aromatic ring is 1. The van der Waals surface area contributed by atoms with Crippen molar-refractivity contribution in [2.45, 2.75) is 13.2 Å². The molecule has 0 heterocycles. The van der Waals surface area contributed by atoms with Crippen LogP contribution in [0.1, 0.15) is 21.5 Å². The molecule has 2 aromatic carbocycles. The zero-order valence-electron chi connectivity index (χ0n) is 11.7. The predicted octanol–water partition coefficient (Wildman–Crippen LogP) is 3.00. The molecule has 0 spiro atoms. The van der Waals surface area contributed by atoms with Gasteiger partial charge in [-0.2, -0.15) is 0 Å². The summed E-state index contributed by atoms with van der Waals surface area (Å²) < 4.78 is 5.09. The molecule has 0 atom stereocenters. The van der Waals surface area contributed by atoms with Gasteiger partial charge in [-0.15, -0.1) is 0 Å². The van der Waals surface area contributed by atoms with Crippen LogP contribution in [0, 0.1) is 0 Å². The van der Waals surface area contributed by atoms with Crippen LogP contribution in [0.25, 0.3) is 0 Å². The first-order valence-electron chi connectivity index (χ1n) is 6.50. The highest BCUT2D eigenvalue weighted by atomic mass is 35.5. The van der Waals surface area contributed by atoms with E-state index in [2.05, 4.69) is 5.32 Å². The highest BCUT2D eigenvalue weighted by molar-refractivity contribution is 6.36. The number of ether oxygens (including phenoxy) is 1. The van der Waals surface area contributed by atoms with Crippen LogP contribution >= 0.6 is 11.6 Å². The molecule has 0 aliphatic heterocycles. The molecule has 2 rings (SSSR count). The second-order valence-corrected chi connectivity index (χ2v) is 5.02. The number of rotatable bonds is 5. The van der Waals surface area contributed by atoms with Crippen molar-refractivity contribution in [2.24, 2.45) is 0 Å². The van der Waals surface area contributed by atoms with E-state index in [0.29, 0.717) is 24.4 Å². The van der Waals surface area contributed by atoms with Gasteiger partial charge in [0.25, 0.3) is 5.91 Å². The zero-order chi connectivity index (χ0) is 15.2. The average molecular weight is 305 g/mol. The second kappa shape index (κ2) is 7.11. The zero-order valence-corrected chi connectivity index (χ0v) is 12.5. The summed E-state index contributed by atoms with van der Waals surface area (Å²) in [6.45, 7) is 0.963. The van der Waals surface area contributed by atoms with Gasteiger partial charge in [-0.3, -0.25) is 4.79 Å². The highest BCUT2D eigenvalue weighted by Gasteiger charge is 2.11. The van der Waals surface area contributed by atoms with E-state index in [1.807, 2.05) is 24.3 Å². The van der Waals surface area contributed by atoms with Crippen molar-refractivity contribution < 1.29 is 9.53 Å². The minimum absolute atomic E-state index is 0.246. The van der Waals surface area contributed by atoms with Crippen molar-refractivity contribution in [2.75, 3.05) is 12.8 Å². The fourth-order valence-electron chi connectivity index (χ4n) is 2.00. The predicted molar refractivity (Wildman–Crippen MR) is 84.2 cm³/mol. The lowest BCUT2D eigenvalue weighted by atomic mass is 10.1. The van der Waals surface area contributed by atoms with E-state index in [0.717, 1.165) is 11.1 Å². The van der Waals surface area contributed by atoms with E-state index in [9.17, 15) is 4.79 Å². The van der Waals surface area contributed by atoms with Crippen LogP contribution in [-0.4, -0.2) is 13.0 Å². The summed E-state index contributed by atoms with van der Waals surface area (Å²) in [5.41, 5.74) is 8.53. The van der Waals surface area contributed by atoms with Gasteiger partial charge in [-0.1, -0.05) is 41.9 Å². The maximum atomic E-state index is 12.1. The lowest BCUT2D eigenvalue weighted by molar-refractivity contribution is 0.0951. The lowest BCUT2D eigenvalue weighted by Gasteiger charge is -2.09. The molecule has 3 N–H and O–H groups in total. The number of carbonyl (C=O) groups is 1. The first-order chi connectivity index (χ1) is 10.1. The molecule has 0 unspecified atom stereocenters. The quantitative estimate of drug-likeness (QED) is 0.835. The van der Waals surface area contributed by atoms with Crippen LogP contribution in [0.15, 0.2) is 42.5 Å². The first kappa shape index (κ1) is 15.4. The molecule has 2 aromatic rings. The van der Waals surface area contributed by atoms with Crippen LogP contribution < -0.4 is 11.1 Å². The van der Waals surface area contributed by atoms with E-state index in [-0.39, 0.29) is 10.9 Å². The largest absolute Gasteiger partial charge is 0.398 e. The number of benzene rings is 2. The SMILES string of the molecule is COCc1cccc(CNC(=O)c2cccc(N)c2Cl)c1. The summed E-state index contributed by atoms with van der Waals surface area (Å²) in [6.07, 6.45) is 0. The summed E-state index contributed by atoms with van der Waals surface area (Å²) in [5, 5.41) is 3.11. The number of nitrogens with two attached hydrogens (primary N) is 1. The van der Waals surface area contributed by atoms with Crippen LogP contribution in [0.5, 0.6) is 0 Å². The lowest BCUT2D eigenvalue weighted by Crippen LogP contribution is -2.23. The van der Waals surface area contributed by atoms with Gasteiger partial charge in [0.05, 0.1) is 22.9 Å². The summed E-state index contributed by atoms with van der Waals surface area (Å²) in [4.78, 5) is 12.1. The number of halogens is 1. The minimum Gasteiger partial charge on any atom is -0.398 e. The van der Waals surface area contributed by atoms with Gasteiger partial charge in [0, 0.05) is 13.7 Å². The molecule has 4 nitrogen and oxygen atoms in total. The third kappa shape index (κ3) is 3.97. The Morgan fingerprint density at radius 2 is 1.95 bits per heavy atom. The van der Waals surface area contributed by atoms with Crippen molar-refractivity contribution in [3.05, 3.63) is 64.2 Å². The molecule has 21 heavy (non-hydrogen) atoms. The molecule has 1 amide bonds. The number of amides is 1. The Morgan fingerprint density at radius 1 is 1.24 bits per heavy atom. The van der Waals surface area contributed by atoms with E-state index < -0.39 is 0 Å². The molecule has 110 valence electrons. The van der Waals surface area contributed by atoms with Crippen LogP contribution in [0.4, 0.5) is 5.69 Å². The first-order valence-corrected chi connectivity index (χ1v) is 6.88. The topological polar surface area (TPSA) is 64.3 Å². The molecule has 0 aliphatic rings. The Balaban J connectivity index is 2.04. The highest BCUT2D eigenvalue weighted by Crippen LogP contribution is 2.22. The smallest absolute Gasteiger partial charge is 0.253 e. The summed E-state index contributed by atoms with van der Waals surface area (Å²) in [6, 6.07) is 12.9. The average Bonchev–Trinajstić information content (AvgIpc) is 2.48. The Labute approximate surface area is 128 Å². The van der Waals surface area contributed by atoms with E-state index in [1.165, 1.54) is 0 Å². The Bertz CT molecular complexity index is 644. The van der Waals surface area contributed by atoms with Crippen LogP contribution in [-0.2, 0) is 17.9 Å². The molecule has 0 aromatic heterocycles. The van der Waals surface area contributed by atoms with Crippen molar-refractivity contribution in [3.63, 3.8) is 0 Å². The standard InChI is InChI=1S/C16H17ClN2O2/c1-21-10-12-5-2-4-11(8-12)9-19-16(20)13-6-3-7-14(18)15(13)17/h2-8H,9-10,18H2,1H3,(H,19,20). The van der Waals surface area contributed by atoms with Gasteiger partial charge in [-0.25, -0.2) is 0 Å². The third-order valence-electron chi connectivity index (χ3n) is 3.03. The molecule has 0 fully saturated rings. The van der Waals surface area contributed by atoms with Gasteiger partial charge in [0.1, 0.15) is 0 Å². The number of anilines is 1. The fourth-order valence-corrected chi connectivity index (χ4v) is 2.21. The van der Waals surface area contributed by atoms with Gasteiger partial charge in [0.15, 0.2) is 0 Å². The van der Waals surface area contributed by atoms with Crippen molar-refractivity contribution in [1.29, 1.82) is 0 Å². The Morgan fingerprint density at radius 3 is 2.71 bits per heavy atom. The third-order valence-corrected chi connectivity index (χ3v) is 3.45. The molecule has 0 aliphatic carbocycles. The fraction of sp³-hybridized carbons (Fsp3) is 0.188. The monoisotopic (exact) mass is 304 g/mol. The number of carbonyl (C=O) groups excluding carboxylic acids is 1. The molecule has 0 saturated carbocycles. The van der Waals surface area contributed by atoms with Gasteiger partial charge in [-0.05, 0) is 23.3 Å². The molecular weight excluding hydrogens is 288 g/mol. The minimum atomic E-state index is -0.246. The van der Waals surface area contributed by atoms with Crippen molar-refractivity contribution in [3.8, 4) is 0 Å². The second-order valence-electron chi connectivity index (χ2n) is 4.64. The number of hydrogen-bond acceptors (Lipinski definition) is 3. The van der Waals surface area contributed by atoms with Gasteiger partial charge in [0.2, 0.25) is 0 Å². The molecule has 5 heteroatoms. The summed E-state index contributed by atoms with van der Waals surface area (Å²) in [5.74, 6) is -0.246. The van der Waals surface area contributed by atoms with Crippen molar-refractivity contribution in [1.82, 2.24) is 5.32 Å². The molecular formula is C16H17ClN2O2. The summed E-state index contributed by atoms with van der Waals surface area (Å²) in [7, 11) is 1.65. The molecule has 0 bridgehead atoms. The Hall–Kier alpha value is -2.04. The number of methoxy groups -OCH3 is 1.